The van der Waals surface area contributed by atoms with Crippen LogP contribution in [0.1, 0.15) is 11.3 Å². The standard InChI is InChI=1S/C13H13N3O.ClH/c17-13-14-7-6-12-9-15(10-16(12)13)8-11-4-2-1-3-5-11;/h1-5,9-10H,6-8H2;1H. The number of imidazole rings is 1. The van der Waals surface area contributed by atoms with Gasteiger partial charge in [0.1, 0.15) is 12.7 Å². The van der Waals surface area contributed by atoms with E-state index in [0.717, 1.165) is 18.7 Å². The van der Waals surface area contributed by atoms with Gasteiger partial charge in [-0.2, -0.15) is 4.57 Å². The van der Waals surface area contributed by atoms with Gasteiger partial charge in [-0.15, -0.1) is 12.4 Å². The highest BCUT2D eigenvalue weighted by Crippen LogP contribution is 2.05. The van der Waals surface area contributed by atoms with Crippen LogP contribution in [-0.4, -0.2) is 17.1 Å². The van der Waals surface area contributed by atoms with Gasteiger partial charge in [0, 0.05) is 13.0 Å². The molecule has 0 saturated carbocycles. The highest BCUT2D eigenvalue weighted by molar-refractivity contribution is 5.85. The van der Waals surface area contributed by atoms with E-state index in [9.17, 15) is 5.11 Å². The maximum atomic E-state index is 11.5. The molecule has 0 radical (unpaired) electrons. The molecular weight excluding hydrogens is 250 g/mol. The lowest BCUT2D eigenvalue weighted by molar-refractivity contribution is -0.687. The molecule has 94 valence electrons. The molecule has 2 heterocycles. The lowest BCUT2D eigenvalue weighted by Gasteiger charge is -2.11. The van der Waals surface area contributed by atoms with Gasteiger partial charge in [0.2, 0.25) is 6.33 Å². The Kier molecular flexibility index (Phi) is 3.67. The van der Waals surface area contributed by atoms with Crippen molar-refractivity contribution in [2.45, 2.75) is 13.0 Å². The van der Waals surface area contributed by atoms with Crippen LogP contribution in [0, 0.1) is 0 Å². The summed E-state index contributed by atoms with van der Waals surface area (Å²) >= 11 is 0. The third-order valence-corrected chi connectivity index (χ3v) is 2.92. The first-order valence-electron chi connectivity index (χ1n) is 5.69. The van der Waals surface area contributed by atoms with Gasteiger partial charge in [0.15, 0.2) is 11.7 Å². The fraction of sp³-hybridized carbons (Fsp3) is 0.231. The SMILES string of the molecule is Cl.[O-]C1=NCCc2c[n+](Cc3ccccc3)cn21. The second-order valence-corrected chi connectivity index (χ2v) is 4.18. The second-order valence-electron chi connectivity index (χ2n) is 4.18. The predicted molar refractivity (Wildman–Crippen MR) is 68.8 cm³/mol. The van der Waals surface area contributed by atoms with E-state index in [1.165, 1.54) is 5.56 Å². The quantitative estimate of drug-likeness (QED) is 0.722. The van der Waals surface area contributed by atoms with Crippen LogP contribution in [0.2, 0.25) is 0 Å². The Balaban J connectivity index is 0.00000120. The molecule has 1 aliphatic heterocycles. The molecule has 1 aromatic carbocycles. The van der Waals surface area contributed by atoms with Crippen molar-refractivity contribution >= 4 is 18.4 Å². The van der Waals surface area contributed by atoms with Gasteiger partial charge in [-0.05, 0) is 5.56 Å². The fourth-order valence-corrected chi connectivity index (χ4v) is 2.09. The van der Waals surface area contributed by atoms with Crippen molar-refractivity contribution in [1.29, 1.82) is 0 Å². The minimum Gasteiger partial charge on any atom is -0.827 e. The summed E-state index contributed by atoms with van der Waals surface area (Å²) in [7, 11) is 0. The summed E-state index contributed by atoms with van der Waals surface area (Å²) in [4.78, 5) is 3.90. The summed E-state index contributed by atoms with van der Waals surface area (Å²) in [6, 6.07) is 10.0. The smallest absolute Gasteiger partial charge is 0.249 e. The summed E-state index contributed by atoms with van der Waals surface area (Å²) < 4.78 is 3.66. The fourth-order valence-electron chi connectivity index (χ4n) is 2.09. The van der Waals surface area contributed by atoms with Gasteiger partial charge in [-0.25, -0.2) is 4.57 Å². The molecule has 0 atom stereocenters. The number of nitrogens with zero attached hydrogens (tertiary/aromatic N) is 3. The molecule has 0 amide bonds. The van der Waals surface area contributed by atoms with Gasteiger partial charge >= 0.3 is 0 Å². The van der Waals surface area contributed by atoms with E-state index in [-0.39, 0.29) is 18.4 Å². The van der Waals surface area contributed by atoms with Crippen molar-refractivity contribution in [2.75, 3.05) is 6.54 Å². The molecule has 18 heavy (non-hydrogen) atoms. The Morgan fingerprint density at radius 2 is 2.06 bits per heavy atom. The molecule has 0 bridgehead atoms. The lowest BCUT2D eigenvalue weighted by atomic mass is 10.2. The third-order valence-electron chi connectivity index (χ3n) is 2.92. The predicted octanol–water partition coefficient (Wildman–Crippen LogP) is 0.366. The van der Waals surface area contributed by atoms with Crippen molar-refractivity contribution in [2.24, 2.45) is 4.99 Å². The van der Waals surface area contributed by atoms with Crippen LogP contribution in [0.5, 0.6) is 0 Å². The largest absolute Gasteiger partial charge is 0.827 e. The zero-order valence-corrected chi connectivity index (χ0v) is 10.6. The number of benzene rings is 1. The van der Waals surface area contributed by atoms with E-state index in [4.69, 9.17) is 0 Å². The van der Waals surface area contributed by atoms with Gasteiger partial charge in [-0.1, -0.05) is 30.3 Å². The zero-order chi connectivity index (χ0) is 11.7. The first-order chi connectivity index (χ1) is 8.33. The Morgan fingerprint density at radius 3 is 2.78 bits per heavy atom. The number of aliphatic imine (C=N–C) groups is 1. The van der Waals surface area contributed by atoms with Crippen molar-refractivity contribution in [3.63, 3.8) is 0 Å². The highest BCUT2D eigenvalue weighted by Gasteiger charge is 2.16. The molecule has 1 aliphatic rings. The third kappa shape index (κ3) is 2.38. The summed E-state index contributed by atoms with van der Waals surface area (Å²) in [5.74, 6) is 0. The maximum Gasteiger partial charge on any atom is 0.249 e. The Morgan fingerprint density at radius 1 is 1.28 bits per heavy atom. The van der Waals surface area contributed by atoms with Crippen molar-refractivity contribution in [1.82, 2.24) is 4.57 Å². The first kappa shape index (κ1) is 12.6. The number of rotatable bonds is 2. The van der Waals surface area contributed by atoms with Gasteiger partial charge in [0.05, 0.1) is 0 Å². The summed E-state index contributed by atoms with van der Waals surface area (Å²) in [5.41, 5.74) is 2.27. The van der Waals surface area contributed by atoms with Crippen LogP contribution in [0.3, 0.4) is 0 Å². The van der Waals surface area contributed by atoms with Gasteiger partial charge in [0.25, 0.3) is 0 Å². The van der Waals surface area contributed by atoms with Crippen LogP contribution >= 0.6 is 12.4 Å². The molecule has 0 unspecified atom stereocenters. The lowest BCUT2D eigenvalue weighted by Crippen LogP contribution is -2.34. The van der Waals surface area contributed by atoms with E-state index >= 15 is 0 Å². The number of hydrogen-bond acceptors (Lipinski definition) is 2. The van der Waals surface area contributed by atoms with Crippen molar-refractivity contribution in [3.05, 3.63) is 54.1 Å². The minimum absolute atomic E-state index is 0. The molecule has 0 spiro atoms. The molecule has 0 saturated heterocycles. The number of aromatic nitrogens is 2. The van der Waals surface area contributed by atoms with E-state index in [0.29, 0.717) is 6.54 Å². The Bertz CT molecular complexity index is 563. The molecule has 5 heteroatoms. The average molecular weight is 264 g/mol. The normalized spacial score (nSPS) is 13.4. The molecular formula is C13H14ClN3O. The zero-order valence-electron chi connectivity index (χ0n) is 9.82. The molecule has 2 aromatic rings. The minimum atomic E-state index is -0.155. The number of fused-ring (bicyclic) bond motifs is 1. The van der Waals surface area contributed by atoms with Crippen LogP contribution in [0.4, 0.5) is 0 Å². The number of hydrogen-bond donors (Lipinski definition) is 0. The van der Waals surface area contributed by atoms with E-state index < -0.39 is 0 Å². The monoisotopic (exact) mass is 263 g/mol. The van der Waals surface area contributed by atoms with Crippen LogP contribution < -0.4 is 9.67 Å². The molecule has 0 fully saturated rings. The van der Waals surface area contributed by atoms with Gasteiger partial charge < -0.3 is 5.11 Å². The van der Waals surface area contributed by atoms with Crippen LogP contribution in [0.15, 0.2) is 47.8 Å². The summed E-state index contributed by atoms with van der Waals surface area (Å²) in [6.45, 7) is 1.39. The molecule has 3 rings (SSSR count). The summed E-state index contributed by atoms with van der Waals surface area (Å²) in [6.07, 6.45) is 4.69. The van der Waals surface area contributed by atoms with Crippen LogP contribution in [-0.2, 0) is 13.0 Å². The highest BCUT2D eigenvalue weighted by atomic mass is 35.5. The molecule has 0 N–H and O–H groups in total. The number of halogens is 1. The maximum absolute atomic E-state index is 11.5. The molecule has 1 aromatic heterocycles. The molecule has 0 aliphatic carbocycles. The topological polar surface area (TPSA) is 44.2 Å². The van der Waals surface area contributed by atoms with E-state index in [1.54, 1.807) is 4.57 Å². The molecule has 4 nitrogen and oxygen atoms in total. The first-order valence-corrected chi connectivity index (χ1v) is 5.69. The average Bonchev–Trinajstić information content (AvgIpc) is 2.74. The summed E-state index contributed by atoms with van der Waals surface area (Å²) in [5, 5.41) is 11.5. The van der Waals surface area contributed by atoms with Crippen LogP contribution in [0.25, 0.3) is 0 Å². The van der Waals surface area contributed by atoms with Crippen molar-refractivity contribution < 1.29 is 9.67 Å². The Hall–Kier alpha value is -1.81. The van der Waals surface area contributed by atoms with E-state index in [1.807, 2.05) is 35.3 Å². The second kappa shape index (κ2) is 5.23. The van der Waals surface area contributed by atoms with Gasteiger partial charge in [-0.3, -0.25) is 4.99 Å². The Labute approximate surface area is 112 Å². The van der Waals surface area contributed by atoms with E-state index in [2.05, 4.69) is 17.1 Å². The van der Waals surface area contributed by atoms with Crippen molar-refractivity contribution in [3.8, 4) is 0 Å².